The minimum Gasteiger partial charge on any atom is -0.461 e. The molecule has 2 aromatic heterocycles. The highest BCUT2D eigenvalue weighted by Crippen LogP contribution is 2.48. The van der Waals surface area contributed by atoms with Crippen molar-refractivity contribution >= 4 is 30.7 Å². The Morgan fingerprint density at radius 1 is 1.17 bits per heavy atom. The first-order valence-electron chi connectivity index (χ1n) is 14.1. The molecule has 0 spiro atoms. The van der Waals surface area contributed by atoms with Crippen LogP contribution in [-0.4, -0.2) is 72.3 Å². The lowest BCUT2D eigenvalue weighted by Crippen LogP contribution is -2.42. The van der Waals surface area contributed by atoms with Crippen molar-refractivity contribution in [2.75, 3.05) is 5.73 Å². The number of aliphatic hydroxyl groups is 2. The first kappa shape index (κ1) is 30.3. The predicted octanol–water partition coefficient (Wildman–Crippen LogP) is 2.86. The van der Waals surface area contributed by atoms with E-state index in [-0.39, 0.29) is 24.1 Å². The van der Waals surface area contributed by atoms with Crippen molar-refractivity contribution in [2.24, 2.45) is 0 Å². The van der Waals surface area contributed by atoms with Gasteiger partial charge in [0.1, 0.15) is 48.1 Å². The van der Waals surface area contributed by atoms with Gasteiger partial charge in [0, 0.05) is 0 Å². The number of esters is 1. The lowest BCUT2D eigenvalue weighted by Gasteiger charge is -2.30. The van der Waals surface area contributed by atoms with Gasteiger partial charge in [-0.15, -0.1) is 0 Å². The molecular formula is C27H37N6O8P. The van der Waals surface area contributed by atoms with E-state index in [0.29, 0.717) is 11.2 Å². The van der Waals surface area contributed by atoms with E-state index >= 15 is 0 Å². The number of carbonyl (C=O) groups is 1. The van der Waals surface area contributed by atoms with E-state index in [4.69, 9.17) is 24.3 Å². The normalized spacial score (nSPS) is 26.0. The van der Waals surface area contributed by atoms with Crippen LogP contribution in [0.25, 0.3) is 11.2 Å². The van der Waals surface area contributed by atoms with Gasteiger partial charge in [-0.3, -0.25) is 13.9 Å². The summed E-state index contributed by atoms with van der Waals surface area (Å²) >= 11 is 0. The maximum Gasteiger partial charge on any atom is 0.459 e. The fourth-order valence-electron chi connectivity index (χ4n) is 5.27. The Morgan fingerprint density at radius 2 is 1.90 bits per heavy atom. The van der Waals surface area contributed by atoms with E-state index < -0.39 is 50.4 Å². The van der Waals surface area contributed by atoms with Gasteiger partial charge in [-0.1, -0.05) is 31.5 Å². The van der Waals surface area contributed by atoms with Crippen LogP contribution >= 0.6 is 7.75 Å². The summed E-state index contributed by atoms with van der Waals surface area (Å²) in [5.74, 6) is -0.153. The van der Waals surface area contributed by atoms with Crippen LogP contribution in [0.3, 0.4) is 0 Å². The third-order valence-electron chi connectivity index (χ3n) is 7.51. The van der Waals surface area contributed by atoms with Gasteiger partial charge < -0.3 is 29.9 Å². The van der Waals surface area contributed by atoms with E-state index in [9.17, 15) is 19.6 Å². The number of nitrogens with one attached hydrogen (secondary N) is 1. The predicted molar refractivity (Wildman–Crippen MR) is 151 cm³/mol. The largest absolute Gasteiger partial charge is 0.461 e. The fourth-order valence-corrected chi connectivity index (χ4v) is 7.05. The van der Waals surface area contributed by atoms with E-state index in [1.165, 1.54) is 24.1 Å². The summed E-state index contributed by atoms with van der Waals surface area (Å²) in [7, 11) is -4.28. The topological polar surface area (TPSA) is 193 Å². The fraction of sp³-hybridized carbons (Fsp3) is 0.556. The zero-order valence-corrected chi connectivity index (χ0v) is 24.4. The summed E-state index contributed by atoms with van der Waals surface area (Å²) in [6.07, 6.45) is 1.19. The van der Waals surface area contributed by atoms with E-state index in [0.717, 1.165) is 32.1 Å². The van der Waals surface area contributed by atoms with Crippen LogP contribution in [0.4, 0.5) is 5.82 Å². The summed E-state index contributed by atoms with van der Waals surface area (Å²) in [6, 6.07) is 7.39. The number of hydrogen-bond donors (Lipinski definition) is 4. The van der Waals surface area contributed by atoms with E-state index in [2.05, 4.69) is 20.0 Å². The maximum absolute atomic E-state index is 14.2. The van der Waals surface area contributed by atoms with Crippen LogP contribution in [0, 0.1) is 0 Å². The summed E-state index contributed by atoms with van der Waals surface area (Å²) in [5, 5.41) is 24.6. The molecule has 3 aromatic rings. The average molecular weight is 605 g/mol. The van der Waals surface area contributed by atoms with Gasteiger partial charge in [0.05, 0.1) is 12.4 Å². The molecule has 7 unspecified atom stereocenters. The molecule has 0 amide bonds. The maximum atomic E-state index is 14.2. The molecule has 7 atom stereocenters. The molecule has 228 valence electrons. The zero-order valence-electron chi connectivity index (χ0n) is 23.5. The number of aliphatic hydroxyl groups excluding tert-OH is 2. The Hall–Kier alpha value is -3.13. The quantitative estimate of drug-likeness (QED) is 0.185. The van der Waals surface area contributed by atoms with Crippen molar-refractivity contribution < 1.29 is 38.1 Å². The summed E-state index contributed by atoms with van der Waals surface area (Å²) in [5.41, 5.74) is 6.49. The third-order valence-corrected chi connectivity index (χ3v) is 9.20. The molecule has 1 aliphatic heterocycles. The number of rotatable bonds is 11. The molecule has 14 nitrogen and oxygen atoms in total. The lowest BCUT2D eigenvalue weighted by molar-refractivity contribution is -0.152. The number of hydrogen-bond acceptors (Lipinski definition) is 12. The molecule has 15 heteroatoms. The number of nitrogens with two attached hydrogens (primary N) is 1. The van der Waals surface area contributed by atoms with Crippen molar-refractivity contribution in [1.29, 1.82) is 0 Å². The molecule has 1 saturated carbocycles. The minimum absolute atomic E-state index is 0.151. The van der Waals surface area contributed by atoms with Crippen LogP contribution in [0.2, 0.25) is 0 Å². The SMILES string of the molecule is CCC(NP(=O)(Oc1ccccc1)OC(C)C1OC(n2cnc3c(N)ncnc32)C(O)C1O)C(=O)OC1CCCCC1. The van der Waals surface area contributed by atoms with Crippen LogP contribution in [0.5, 0.6) is 5.75 Å². The number of benzene rings is 1. The monoisotopic (exact) mass is 604 g/mol. The number of aromatic nitrogens is 4. The van der Waals surface area contributed by atoms with Gasteiger partial charge in [-0.05, 0) is 51.2 Å². The van der Waals surface area contributed by atoms with Gasteiger partial charge in [0.25, 0.3) is 0 Å². The number of nitrogen functional groups attached to an aromatic ring is 1. The second kappa shape index (κ2) is 13.0. The first-order chi connectivity index (χ1) is 20.2. The third kappa shape index (κ3) is 6.59. The molecule has 2 aliphatic rings. The number of carbonyl (C=O) groups excluding carboxylic acids is 1. The van der Waals surface area contributed by atoms with Gasteiger partial charge >= 0.3 is 13.7 Å². The smallest absolute Gasteiger partial charge is 0.459 e. The van der Waals surface area contributed by atoms with Crippen LogP contribution in [0.1, 0.15) is 58.6 Å². The number of fused-ring (bicyclic) bond motifs is 1. The Labute approximate surface area is 243 Å². The van der Waals surface area contributed by atoms with Crippen LogP contribution in [-0.2, 0) is 23.4 Å². The summed E-state index contributed by atoms with van der Waals surface area (Å²) < 4.78 is 39.1. The van der Waals surface area contributed by atoms with Crippen molar-refractivity contribution in [1.82, 2.24) is 24.6 Å². The highest BCUT2D eigenvalue weighted by atomic mass is 31.2. The van der Waals surface area contributed by atoms with Gasteiger partial charge in [-0.2, -0.15) is 5.09 Å². The highest BCUT2D eigenvalue weighted by Gasteiger charge is 2.49. The van der Waals surface area contributed by atoms with Crippen molar-refractivity contribution in [2.45, 2.75) is 95.2 Å². The Kier molecular flexibility index (Phi) is 9.41. The second-order valence-electron chi connectivity index (χ2n) is 10.6. The Morgan fingerprint density at radius 3 is 2.62 bits per heavy atom. The number of ether oxygens (including phenoxy) is 2. The number of anilines is 1. The molecule has 5 N–H and O–H groups in total. The first-order valence-corrected chi connectivity index (χ1v) is 15.7. The molecule has 2 fully saturated rings. The molecule has 1 saturated heterocycles. The molecular weight excluding hydrogens is 567 g/mol. The zero-order chi connectivity index (χ0) is 29.9. The van der Waals surface area contributed by atoms with Crippen molar-refractivity contribution in [3.63, 3.8) is 0 Å². The van der Waals surface area contributed by atoms with Crippen LogP contribution in [0.15, 0.2) is 43.0 Å². The van der Waals surface area contributed by atoms with Crippen molar-refractivity contribution in [3.05, 3.63) is 43.0 Å². The summed E-state index contributed by atoms with van der Waals surface area (Å²) in [6.45, 7) is 3.28. The molecule has 1 aromatic carbocycles. The molecule has 0 radical (unpaired) electrons. The molecule has 5 rings (SSSR count). The summed E-state index contributed by atoms with van der Waals surface area (Å²) in [4.78, 5) is 25.3. The number of para-hydroxylation sites is 1. The molecule has 3 heterocycles. The van der Waals surface area contributed by atoms with Crippen LogP contribution < -0.4 is 15.3 Å². The minimum atomic E-state index is -4.28. The standard InChI is InChI=1S/C27H37N6O8P/c1-3-19(27(36)38-17-10-6-4-7-11-17)32-42(37,41-18-12-8-5-9-13-18)40-16(2)23-21(34)22(35)26(39-23)33-15-31-20-24(28)29-14-30-25(20)33/h5,8-9,12-17,19,21-23,26,34-35H,3-4,6-7,10-11H2,1-2H3,(H,32,37)(H2,28,29,30). The van der Waals surface area contributed by atoms with Gasteiger partial charge in [-0.25, -0.2) is 19.5 Å². The van der Waals surface area contributed by atoms with Gasteiger partial charge in [0.15, 0.2) is 17.7 Å². The van der Waals surface area contributed by atoms with Crippen molar-refractivity contribution in [3.8, 4) is 5.75 Å². The Balaban J connectivity index is 1.34. The van der Waals surface area contributed by atoms with Gasteiger partial charge in [0.2, 0.25) is 0 Å². The van der Waals surface area contributed by atoms with E-state index in [1.807, 2.05) is 0 Å². The molecule has 1 aliphatic carbocycles. The molecule has 42 heavy (non-hydrogen) atoms. The molecule has 0 bridgehead atoms. The highest BCUT2D eigenvalue weighted by molar-refractivity contribution is 7.52. The lowest BCUT2D eigenvalue weighted by atomic mass is 9.98. The Bertz CT molecular complexity index is 1400. The number of nitrogens with zero attached hydrogens (tertiary/aromatic N) is 4. The van der Waals surface area contributed by atoms with E-state index in [1.54, 1.807) is 37.3 Å². The second-order valence-corrected chi connectivity index (χ2v) is 12.2. The average Bonchev–Trinajstić information content (AvgIpc) is 3.54. The number of imidazole rings is 1.